The summed E-state index contributed by atoms with van der Waals surface area (Å²) < 4.78 is 0. The normalized spacial score (nSPS) is 24.6. The topological polar surface area (TPSA) is 15.3 Å². The Kier molecular flexibility index (Phi) is 4.19. The highest BCUT2D eigenvalue weighted by Gasteiger charge is 2.25. The van der Waals surface area contributed by atoms with Crippen molar-refractivity contribution >= 4 is 0 Å². The number of likely N-dealkylation sites (tertiary alicyclic amines) is 1. The van der Waals surface area contributed by atoms with Gasteiger partial charge in [-0.3, -0.25) is 0 Å². The molecule has 104 valence electrons. The van der Waals surface area contributed by atoms with Crippen molar-refractivity contribution in [3.8, 4) is 0 Å². The van der Waals surface area contributed by atoms with Gasteiger partial charge in [0.25, 0.3) is 0 Å². The predicted molar refractivity (Wildman–Crippen MR) is 80.6 cm³/mol. The SMILES string of the molecule is CC(CN1CCCCC1)NCC1Cc2ccccc21. The van der Waals surface area contributed by atoms with Crippen LogP contribution in [0.1, 0.15) is 43.2 Å². The van der Waals surface area contributed by atoms with E-state index in [1.807, 2.05) is 0 Å². The van der Waals surface area contributed by atoms with Crippen molar-refractivity contribution in [3.63, 3.8) is 0 Å². The quantitative estimate of drug-likeness (QED) is 0.873. The highest BCUT2D eigenvalue weighted by atomic mass is 15.1. The standard InChI is InChI=1S/C17H26N2/c1-14(13-19-9-5-2-6-10-19)18-12-16-11-15-7-3-4-8-17(15)16/h3-4,7-8,14,16,18H,2,5-6,9-13H2,1H3. The monoisotopic (exact) mass is 258 g/mol. The van der Waals surface area contributed by atoms with Crippen LogP contribution in [0.25, 0.3) is 0 Å². The van der Waals surface area contributed by atoms with E-state index in [-0.39, 0.29) is 0 Å². The number of nitrogens with one attached hydrogen (secondary N) is 1. The van der Waals surface area contributed by atoms with Gasteiger partial charge in [0, 0.05) is 25.0 Å². The molecule has 1 N–H and O–H groups in total. The van der Waals surface area contributed by atoms with Crippen LogP contribution in [0.2, 0.25) is 0 Å². The first-order valence-corrected chi connectivity index (χ1v) is 7.86. The smallest absolute Gasteiger partial charge is 0.0166 e. The average Bonchev–Trinajstić information content (AvgIpc) is 2.41. The molecule has 2 atom stereocenters. The van der Waals surface area contributed by atoms with Crippen LogP contribution in [-0.4, -0.2) is 37.1 Å². The molecule has 3 rings (SSSR count). The van der Waals surface area contributed by atoms with Crippen molar-refractivity contribution in [1.82, 2.24) is 10.2 Å². The van der Waals surface area contributed by atoms with Gasteiger partial charge >= 0.3 is 0 Å². The molecule has 0 amide bonds. The molecule has 0 bridgehead atoms. The van der Waals surface area contributed by atoms with Gasteiger partial charge in [0.1, 0.15) is 0 Å². The fourth-order valence-corrected chi connectivity index (χ4v) is 3.48. The van der Waals surface area contributed by atoms with Gasteiger partial charge < -0.3 is 10.2 Å². The molecule has 1 heterocycles. The van der Waals surface area contributed by atoms with E-state index in [1.165, 1.54) is 45.3 Å². The molecule has 0 radical (unpaired) electrons. The van der Waals surface area contributed by atoms with E-state index in [0.717, 1.165) is 12.5 Å². The summed E-state index contributed by atoms with van der Waals surface area (Å²) in [5.41, 5.74) is 3.12. The number of nitrogens with zero attached hydrogens (tertiary/aromatic N) is 1. The van der Waals surface area contributed by atoms with Crippen molar-refractivity contribution in [2.45, 2.75) is 44.6 Å². The lowest BCUT2D eigenvalue weighted by molar-refractivity contribution is 0.208. The molecule has 0 saturated carbocycles. The molecule has 2 unspecified atom stereocenters. The maximum Gasteiger partial charge on any atom is 0.0166 e. The molecular weight excluding hydrogens is 232 g/mol. The van der Waals surface area contributed by atoms with Gasteiger partial charge in [-0.1, -0.05) is 30.7 Å². The predicted octanol–water partition coefficient (Wildman–Crippen LogP) is 2.79. The zero-order valence-corrected chi connectivity index (χ0v) is 12.1. The third-order valence-electron chi connectivity index (χ3n) is 4.65. The Hall–Kier alpha value is -0.860. The number of piperidine rings is 1. The van der Waals surface area contributed by atoms with E-state index in [9.17, 15) is 0 Å². The maximum atomic E-state index is 3.73. The highest BCUT2D eigenvalue weighted by molar-refractivity contribution is 5.40. The summed E-state index contributed by atoms with van der Waals surface area (Å²) in [5, 5.41) is 3.73. The van der Waals surface area contributed by atoms with Crippen molar-refractivity contribution < 1.29 is 0 Å². The molecule has 19 heavy (non-hydrogen) atoms. The Morgan fingerprint density at radius 1 is 1.21 bits per heavy atom. The zero-order valence-electron chi connectivity index (χ0n) is 12.1. The Balaban J connectivity index is 1.41. The lowest BCUT2D eigenvalue weighted by Crippen LogP contribution is -2.43. The molecule has 1 aliphatic heterocycles. The number of hydrogen-bond acceptors (Lipinski definition) is 2. The van der Waals surface area contributed by atoms with Crippen molar-refractivity contribution in [2.75, 3.05) is 26.2 Å². The van der Waals surface area contributed by atoms with E-state index in [4.69, 9.17) is 0 Å². The summed E-state index contributed by atoms with van der Waals surface area (Å²) in [6.07, 6.45) is 5.47. The van der Waals surface area contributed by atoms with Crippen LogP contribution in [-0.2, 0) is 6.42 Å². The lowest BCUT2D eigenvalue weighted by Gasteiger charge is -2.33. The van der Waals surface area contributed by atoms with Crippen molar-refractivity contribution in [1.29, 1.82) is 0 Å². The minimum atomic E-state index is 0.617. The van der Waals surface area contributed by atoms with E-state index in [2.05, 4.69) is 41.4 Å². The minimum Gasteiger partial charge on any atom is -0.312 e. The third-order valence-corrected chi connectivity index (χ3v) is 4.65. The van der Waals surface area contributed by atoms with Crippen LogP contribution >= 0.6 is 0 Å². The molecule has 2 heteroatoms. The summed E-state index contributed by atoms with van der Waals surface area (Å²) in [7, 11) is 0. The Morgan fingerprint density at radius 3 is 2.79 bits per heavy atom. The number of benzene rings is 1. The fourth-order valence-electron chi connectivity index (χ4n) is 3.48. The van der Waals surface area contributed by atoms with Crippen LogP contribution in [0.15, 0.2) is 24.3 Å². The van der Waals surface area contributed by atoms with Crippen LogP contribution in [0, 0.1) is 0 Å². The van der Waals surface area contributed by atoms with E-state index < -0.39 is 0 Å². The van der Waals surface area contributed by atoms with Gasteiger partial charge in [0.2, 0.25) is 0 Å². The maximum absolute atomic E-state index is 3.73. The second-order valence-corrected chi connectivity index (χ2v) is 6.27. The summed E-state index contributed by atoms with van der Waals surface area (Å²) >= 11 is 0. The van der Waals surface area contributed by atoms with Crippen LogP contribution in [0.5, 0.6) is 0 Å². The highest BCUT2D eigenvalue weighted by Crippen LogP contribution is 2.34. The first-order valence-electron chi connectivity index (χ1n) is 7.86. The van der Waals surface area contributed by atoms with Gasteiger partial charge in [0.05, 0.1) is 0 Å². The largest absolute Gasteiger partial charge is 0.312 e. The second-order valence-electron chi connectivity index (χ2n) is 6.27. The fraction of sp³-hybridized carbons (Fsp3) is 0.647. The van der Waals surface area contributed by atoms with Gasteiger partial charge in [-0.2, -0.15) is 0 Å². The Labute approximate surface area is 117 Å². The van der Waals surface area contributed by atoms with E-state index in [1.54, 1.807) is 11.1 Å². The first kappa shape index (κ1) is 13.1. The molecule has 0 spiro atoms. The van der Waals surface area contributed by atoms with Gasteiger partial charge in [-0.05, 0) is 50.4 Å². The van der Waals surface area contributed by atoms with Crippen molar-refractivity contribution in [2.24, 2.45) is 0 Å². The molecular formula is C17H26N2. The molecule has 1 saturated heterocycles. The number of fused-ring (bicyclic) bond motifs is 1. The summed E-state index contributed by atoms with van der Waals surface area (Å²) in [5.74, 6) is 0.750. The van der Waals surface area contributed by atoms with E-state index in [0.29, 0.717) is 6.04 Å². The minimum absolute atomic E-state index is 0.617. The van der Waals surface area contributed by atoms with Gasteiger partial charge in [-0.25, -0.2) is 0 Å². The summed E-state index contributed by atoms with van der Waals surface area (Å²) in [4.78, 5) is 2.62. The van der Waals surface area contributed by atoms with Crippen LogP contribution in [0.3, 0.4) is 0 Å². The van der Waals surface area contributed by atoms with Crippen LogP contribution < -0.4 is 5.32 Å². The molecule has 1 aliphatic carbocycles. The molecule has 2 aliphatic rings. The summed E-state index contributed by atoms with van der Waals surface area (Å²) in [6.45, 7) is 7.30. The Bertz CT molecular complexity index is 409. The Morgan fingerprint density at radius 2 is 2.00 bits per heavy atom. The van der Waals surface area contributed by atoms with Gasteiger partial charge in [-0.15, -0.1) is 0 Å². The molecule has 1 aromatic rings. The number of rotatable bonds is 5. The third kappa shape index (κ3) is 3.18. The van der Waals surface area contributed by atoms with E-state index >= 15 is 0 Å². The molecule has 2 nitrogen and oxygen atoms in total. The molecule has 1 fully saturated rings. The molecule has 0 aromatic heterocycles. The average molecular weight is 258 g/mol. The lowest BCUT2D eigenvalue weighted by atomic mass is 9.77. The van der Waals surface area contributed by atoms with Crippen molar-refractivity contribution in [3.05, 3.63) is 35.4 Å². The van der Waals surface area contributed by atoms with Crippen LogP contribution in [0.4, 0.5) is 0 Å². The zero-order chi connectivity index (χ0) is 13.1. The summed E-state index contributed by atoms with van der Waals surface area (Å²) in [6, 6.07) is 9.50. The van der Waals surface area contributed by atoms with Gasteiger partial charge in [0.15, 0.2) is 0 Å². The molecule has 1 aromatic carbocycles. The number of hydrogen-bond donors (Lipinski definition) is 1. The second kappa shape index (κ2) is 6.06. The first-order chi connectivity index (χ1) is 9.33.